The van der Waals surface area contributed by atoms with Crippen molar-refractivity contribution in [3.05, 3.63) is 23.9 Å². The van der Waals surface area contributed by atoms with Gasteiger partial charge in [-0.15, -0.1) is 0 Å². The Hall–Kier alpha value is -1.58. The van der Waals surface area contributed by atoms with Gasteiger partial charge in [-0.05, 0) is 56.1 Å². The van der Waals surface area contributed by atoms with Crippen LogP contribution in [0.4, 0.5) is 5.82 Å². The fourth-order valence-electron chi connectivity index (χ4n) is 3.48. The van der Waals surface area contributed by atoms with Crippen LogP contribution in [0.5, 0.6) is 0 Å². The van der Waals surface area contributed by atoms with E-state index >= 15 is 0 Å². The van der Waals surface area contributed by atoms with Gasteiger partial charge in [-0.2, -0.15) is 0 Å². The molecule has 0 spiro atoms. The van der Waals surface area contributed by atoms with Gasteiger partial charge in [0.15, 0.2) is 0 Å². The Morgan fingerprint density at radius 3 is 2.77 bits per heavy atom. The normalized spacial score (nSPS) is 19.8. The molecule has 0 bridgehead atoms. The highest BCUT2D eigenvalue weighted by Crippen LogP contribution is 2.49. The first-order chi connectivity index (χ1) is 10.7. The van der Waals surface area contributed by atoms with E-state index in [0.29, 0.717) is 5.41 Å². The third kappa shape index (κ3) is 3.42. The molecule has 120 valence electrons. The Bertz CT molecular complexity index is 519. The van der Waals surface area contributed by atoms with Gasteiger partial charge in [-0.25, -0.2) is 4.98 Å². The zero-order valence-corrected chi connectivity index (χ0v) is 13.6. The van der Waals surface area contributed by atoms with Crippen LogP contribution in [0.15, 0.2) is 18.3 Å². The summed E-state index contributed by atoms with van der Waals surface area (Å²) in [5, 5.41) is 3.46. The van der Waals surface area contributed by atoms with Gasteiger partial charge in [0.2, 0.25) is 0 Å². The fraction of sp³-hybridized carbons (Fsp3) is 0.667. The van der Waals surface area contributed by atoms with Crippen LogP contribution in [0, 0.1) is 5.41 Å². The average molecular weight is 301 g/mol. The van der Waals surface area contributed by atoms with Crippen molar-refractivity contribution < 1.29 is 4.79 Å². The summed E-state index contributed by atoms with van der Waals surface area (Å²) in [4.78, 5) is 19.1. The topological polar surface area (TPSA) is 45.2 Å². The highest BCUT2D eigenvalue weighted by molar-refractivity contribution is 5.98. The minimum Gasteiger partial charge on any atom is -0.369 e. The molecule has 1 aliphatic carbocycles. The van der Waals surface area contributed by atoms with Crippen molar-refractivity contribution in [1.82, 2.24) is 9.88 Å². The van der Waals surface area contributed by atoms with E-state index in [2.05, 4.69) is 17.2 Å². The Kier molecular flexibility index (Phi) is 4.65. The molecule has 4 nitrogen and oxygen atoms in total. The van der Waals surface area contributed by atoms with Gasteiger partial charge in [0, 0.05) is 25.8 Å². The molecule has 1 saturated heterocycles. The third-order valence-electron chi connectivity index (χ3n) is 5.05. The number of pyridine rings is 1. The van der Waals surface area contributed by atoms with Gasteiger partial charge < -0.3 is 10.2 Å². The van der Waals surface area contributed by atoms with E-state index in [4.69, 9.17) is 0 Å². The number of carbonyl (C=O) groups excluding carboxylic acids is 1. The molecule has 0 aromatic carbocycles. The lowest BCUT2D eigenvalue weighted by atomic mass is 10.0. The van der Waals surface area contributed by atoms with Crippen LogP contribution in [0.25, 0.3) is 0 Å². The molecular weight excluding hydrogens is 274 g/mol. The number of rotatable bonds is 6. The molecule has 0 atom stereocenters. The maximum absolute atomic E-state index is 12.7. The van der Waals surface area contributed by atoms with Crippen molar-refractivity contribution >= 4 is 11.7 Å². The molecule has 0 unspecified atom stereocenters. The summed E-state index contributed by atoms with van der Waals surface area (Å²) in [5.74, 6) is 0.899. The van der Waals surface area contributed by atoms with Gasteiger partial charge in [0.05, 0.1) is 5.56 Å². The lowest BCUT2D eigenvalue weighted by Crippen LogP contribution is -2.36. The second kappa shape index (κ2) is 6.67. The van der Waals surface area contributed by atoms with Crippen molar-refractivity contribution in [3.63, 3.8) is 0 Å². The first-order valence-corrected chi connectivity index (χ1v) is 8.72. The van der Waals surface area contributed by atoms with E-state index in [1.165, 1.54) is 32.1 Å². The standard InChI is InChI=1S/C18H27N3O/c1-2-8-18(9-10-18)14-20-16-15(7-6-11-19-16)17(22)21-12-4-3-5-13-21/h6-7,11H,2-5,8-10,12-14H2,1H3,(H,19,20). The van der Waals surface area contributed by atoms with Crippen LogP contribution in [-0.2, 0) is 0 Å². The van der Waals surface area contributed by atoms with Gasteiger partial charge in [0.25, 0.3) is 5.91 Å². The molecule has 1 aromatic rings. The number of amides is 1. The SMILES string of the molecule is CCCC1(CNc2ncccc2C(=O)N2CCCCC2)CC1. The Labute approximate surface area is 133 Å². The summed E-state index contributed by atoms with van der Waals surface area (Å²) >= 11 is 0. The van der Waals surface area contributed by atoms with Crippen molar-refractivity contribution in [2.24, 2.45) is 5.41 Å². The lowest BCUT2D eigenvalue weighted by molar-refractivity contribution is 0.0725. The number of carbonyl (C=O) groups is 1. The van der Waals surface area contributed by atoms with Crippen molar-refractivity contribution in [3.8, 4) is 0 Å². The van der Waals surface area contributed by atoms with Gasteiger partial charge >= 0.3 is 0 Å². The van der Waals surface area contributed by atoms with E-state index in [9.17, 15) is 4.79 Å². The lowest BCUT2D eigenvalue weighted by Gasteiger charge is -2.27. The second-order valence-electron chi connectivity index (χ2n) is 6.86. The summed E-state index contributed by atoms with van der Waals surface area (Å²) in [6.45, 7) is 4.95. The number of piperidine rings is 1. The van der Waals surface area contributed by atoms with Crippen LogP contribution in [0.2, 0.25) is 0 Å². The van der Waals surface area contributed by atoms with Crippen molar-refractivity contribution in [2.45, 2.75) is 51.9 Å². The van der Waals surface area contributed by atoms with E-state index in [0.717, 1.165) is 43.9 Å². The van der Waals surface area contributed by atoms with Crippen LogP contribution in [0.1, 0.15) is 62.2 Å². The van der Waals surface area contributed by atoms with Crippen LogP contribution >= 0.6 is 0 Å². The predicted octanol–water partition coefficient (Wildman–Crippen LogP) is 3.70. The van der Waals surface area contributed by atoms with Crippen LogP contribution in [0.3, 0.4) is 0 Å². The molecule has 2 fully saturated rings. The first-order valence-electron chi connectivity index (χ1n) is 8.72. The molecule has 4 heteroatoms. The Morgan fingerprint density at radius 1 is 1.32 bits per heavy atom. The number of aromatic nitrogens is 1. The number of nitrogens with one attached hydrogen (secondary N) is 1. The molecular formula is C18H27N3O. The van der Waals surface area contributed by atoms with E-state index in [1.54, 1.807) is 6.20 Å². The summed E-state index contributed by atoms with van der Waals surface area (Å²) in [6.07, 6.45) is 10.3. The molecule has 22 heavy (non-hydrogen) atoms. The minimum absolute atomic E-state index is 0.135. The molecule has 3 rings (SSSR count). The summed E-state index contributed by atoms with van der Waals surface area (Å²) in [6, 6.07) is 3.77. The largest absolute Gasteiger partial charge is 0.369 e. The molecule has 2 heterocycles. The number of likely N-dealkylation sites (tertiary alicyclic amines) is 1. The molecule has 2 aliphatic rings. The molecule has 1 N–H and O–H groups in total. The van der Waals surface area contributed by atoms with Crippen LogP contribution in [-0.4, -0.2) is 35.4 Å². The summed E-state index contributed by atoms with van der Waals surface area (Å²) < 4.78 is 0. The molecule has 1 saturated carbocycles. The Balaban J connectivity index is 1.68. The predicted molar refractivity (Wildman–Crippen MR) is 89.1 cm³/mol. The quantitative estimate of drug-likeness (QED) is 0.871. The number of anilines is 1. The van der Waals surface area contributed by atoms with Gasteiger partial charge in [-0.3, -0.25) is 4.79 Å². The highest BCUT2D eigenvalue weighted by atomic mass is 16.2. The molecule has 0 radical (unpaired) electrons. The van der Waals surface area contributed by atoms with Gasteiger partial charge in [0.1, 0.15) is 5.82 Å². The zero-order chi connectivity index (χ0) is 15.4. The molecule has 1 aromatic heterocycles. The zero-order valence-electron chi connectivity index (χ0n) is 13.6. The molecule has 1 amide bonds. The monoisotopic (exact) mass is 301 g/mol. The van der Waals surface area contributed by atoms with Gasteiger partial charge in [-0.1, -0.05) is 13.3 Å². The maximum atomic E-state index is 12.7. The number of nitrogens with zero attached hydrogens (tertiary/aromatic N) is 2. The third-order valence-corrected chi connectivity index (χ3v) is 5.05. The number of hydrogen-bond donors (Lipinski definition) is 1. The van der Waals surface area contributed by atoms with E-state index < -0.39 is 0 Å². The van der Waals surface area contributed by atoms with Crippen molar-refractivity contribution in [2.75, 3.05) is 25.0 Å². The van der Waals surface area contributed by atoms with Crippen LogP contribution < -0.4 is 5.32 Å². The second-order valence-corrected chi connectivity index (χ2v) is 6.86. The maximum Gasteiger partial charge on any atom is 0.257 e. The minimum atomic E-state index is 0.135. The van der Waals surface area contributed by atoms with E-state index in [-0.39, 0.29) is 5.91 Å². The highest BCUT2D eigenvalue weighted by Gasteiger charge is 2.41. The first kappa shape index (κ1) is 15.3. The number of hydrogen-bond acceptors (Lipinski definition) is 3. The summed E-state index contributed by atoms with van der Waals surface area (Å²) in [5.41, 5.74) is 1.19. The Morgan fingerprint density at radius 2 is 2.09 bits per heavy atom. The average Bonchev–Trinajstić information content (AvgIpc) is 3.34. The fourth-order valence-corrected chi connectivity index (χ4v) is 3.48. The summed E-state index contributed by atoms with van der Waals surface area (Å²) in [7, 11) is 0. The van der Waals surface area contributed by atoms with E-state index in [1.807, 2.05) is 17.0 Å². The molecule has 1 aliphatic heterocycles. The smallest absolute Gasteiger partial charge is 0.257 e. The van der Waals surface area contributed by atoms with Crippen molar-refractivity contribution in [1.29, 1.82) is 0 Å².